The van der Waals surface area contributed by atoms with Crippen LogP contribution in [0.2, 0.25) is 0 Å². The number of fused-ring (bicyclic) bond motifs is 1. The van der Waals surface area contributed by atoms with E-state index in [0.29, 0.717) is 23.7 Å². The summed E-state index contributed by atoms with van der Waals surface area (Å²) in [7, 11) is 0. The van der Waals surface area contributed by atoms with E-state index in [2.05, 4.69) is 15.6 Å². The van der Waals surface area contributed by atoms with Crippen molar-refractivity contribution in [3.63, 3.8) is 0 Å². The van der Waals surface area contributed by atoms with Crippen molar-refractivity contribution >= 4 is 23.1 Å². The van der Waals surface area contributed by atoms with Crippen LogP contribution >= 0.6 is 0 Å². The molecule has 0 aliphatic heterocycles. The van der Waals surface area contributed by atoms with E-state index in [1.54, 1.807) is 12.1 Å². The highest BCUT2D eigenvalue weighted by molar-refractivity contribution is 5.94. The van der Waals surface area contributed by atoms with Gasteiger partial charge in [-0.1, -0.05) is 49.6 Å². The smallest absolute Gasteiger partial charge is 0.281 e. The molecule has 0 bridgehead atoms. The highest BCUT2D eigenvalue weighted by atomic mass is 16.2. The van der Waals surface area contributed by atoms with Gasteiger partial charge in [0, 0.05) is 12.7 Å². The molecule has 0 spiro atoms. The van der Waals surface area contributed by atoms with Gasteiger partial charge in [-0.25, -0.2) is 4.98 Å². The first-order valence-electron chi connectivity index (χ1n) is 10.7. The van der Waals surface area contributed by atoms with Gasteiger partial charge in [0.05, 0.1) is 18.2 Å². The number of nitrogens with one attached hydrogen (secondary N) is 2. The van der Waals surface area contributed by atoms with Crippen LogP contribution in [0.4, 0.5) is 5.69 Å². The Kier molecular flexibility index (Phi) is 6.40. The number of hydrogen-bond acceptors (Lipinski definition) is 4. The summed E-state index contributed by atoms with van der Waals surface area (Å²) in [6.45, 7) is 0.652. The Morgan fingerprint density at radius 3 is 2.58 bits per heavy atom. The van der Waals surface area contributed by atoms with Crippen LogP contribution in [0.3, 0.4) is 0 Å². The van der Waals surface area contributed by atoms with Gasteiger partial charge in [-0.3, -0.25) is 18.8 Å². The summed E-state index contributed by atoms with van der Waals surface area (Å²) in [5, 5.41) is 5.61. The number of amides is 2. The number of nitrogens with zero attached hydrogens (tertiary/aromatic N) is 2. The first-order chi connectivity index (χ1) is 15.1. The Hall–Kier alpha value is -3.48. The zero-order valence-electron chi connectivity index (χ0n) is 17.3. The lowest BCUT2D eigenvalue weighted by atomic mass is 9.89. The van der Waals surface area contributed by atoms with Crippen molar-refractivity contribution < 1.29 is 9.59 Å². The van der Waals surface area contributed by atoms with Crippen LogP contribution in [0.15, 0.2) is 59.7 Å². The van der Waals surface area contributed by atoms with Crippen LogP contribution in [0.5, 0.6) is 0 Å². The standard InChI is InChI=1S/C24H26N4O3/c29-22(13-17-7-3-1-4-8-17)27-20-15-25-21-12-11-19(16-28(21)24(20)31)23(30)26-14-18-9-5-2-6-10-18/h1,3-4,7-8,11-12,15-16,18H,2,5-6,9-10,13-14H2,(H,26,30)(H,27,29). The van der Waals surface area contributed by atoms with Crippen molar-refractivity contribution in [1.82, 2.24) is 14.7 Å². The summed E-state index contributed by atoms with van der Waals surface area (Å²) < 4.78 is 1.30. The van der Waals surface area contributed by atoms with Crippen LogP contribution in [0.25, 0.3) is 5.65 Å². The third-order valence-corrected chi connectivity index (χ3v) is 5.72. The minimum absolute atomic E-state index is 0.0817. The van der Waals surface area contributed by atoms with Gasteiger partial charge in [0.25, 0.3) is 11.5 Å². The van der Waals surface area contributed by atoms with E-state index in [-0.39, 0.29) is 23.9 Å². The third-order valence-electron chi connectivity index (χ3n) is 5.72. The number of aromatic nitrogens is 2. The Morgan fingerprint density at radius 2 is 1.81 bits per heavy atom. The molecule has 3 aromatic rings. The molecule has 2 N–H and O–H groups in total. The van der Waals surface area contributed by atoms with E-state index in [1.165, 1.54) is 36.1 Å². The maximum Gasteiger partial charge on any atom is 0.281 e. The fourth-order valence-corrected chi connectivity index (χ4v) is 4.00. The molecule has 2 aromatic heterocycles. The fourth-order valence-electron chi connectivity index (χ4n) is 4.00. The lowest BCUT2D eigenvalue weighted by Gasteiger charge is -2.21. The Labute approximate surface area is 180 Å². The predicted octanol–water partition coefficient (Wildman–Crippen LogP) is 3.19. The number of rotatable bonds is 6. The summed E-state index contributed by atoms with van der Waals surface area (Å²) >= 11 is 0. The molecule has 0 saturated heterocycles. The van der Waals surface area contributed by atoms with E-state index in [4.69, 9.17) is 0 Å². The van der Waals surface area contributed by atoms with Crippen LogP contribution < -0.4 is 16.2 Å². The van der Waals surface area contributed by atoms with Crippen molar-refractivity contribution in [2.24, 2.45) is 5.92 Å². The quantitative estimate of drug-likeness (QED) is 0.643. The van der Waals surface area contributed by atoms with E-state index in [0.717, 1.165) is 18.4 Å². The number of pyridine rings is 1. The van der Waals surface area contributed by atoms with Gasteiger partial charge >= 0.3 is 0 Å². The number of carbonyl (C=O) groups excluding carboxylic acids is 2. The van der Waals surface area contributed by atoms with Gasteiger partial charge in [-0.2, -0.15) is 0 Å². The van der Waals surface area contributed by atoms with E-state index in [9.17, 15) is 14.4 Å². The normalized spacial score (nSPS) is 14.3. The zero-order chi connectivity index (χ0) is 21.6. The SMILES string of the molecule is O=C(Cc1ccccc1)Nc1cnc2ccc(C(=O)NCC3CCCCC3)cn2c1=O. The molecule has 1 fully saturated rings. The second kappa shape index (κ2) is 9.55. The van der Waals surface area contributed by atoms with Crippen molar-refractivity contribution in [1.29, 1.82) is 0 Å². The Morgan fingerprint density at radius 1 is 1.03 bits per heavy atom. The van der Waals surface area contributed by atoms with E-state index >= 15 is 0 Å². The molecule has 160 valence electrons. The van der Waals surface area contributed by atoms with Crippen molar-refractivity contribution in [3.05, 3.63) is 76.3 Å². The lowest BCUT2D eigenvalue weighted by Crippen LogP contribution is -2.31. The molecule has 31 heavy (non-hydrogen) atoms. The molecule has 2 amide bonds. The monoisotopic (exact) mass is 418 g/mol. The molecule has 4 rings (SSSR count). The van der Waals surface area contributed by atoms with E-state index < -0.39 is 5.56 Å². The molecule has 1 aliphatic carbocycles. The van der Waals surface area contributed by atoms with Crippen LogP contribution in [-0.4, -0.2) is 27.7 Å². The molecule has 7 nitrogen and oxygen atoms in total. The maximum absolute atomic E-state index is 12.9. The lowest BCUT2D eigenvalue weighted by molar-refractivity contribution is -0.115. The van der Waals surface area contributed by atoms with Crippen molar-refractivity contribution in [2.75, 3.05) is 11.9 Å². The first kappa shape index (κ1) is 20.8. The van der Waals surface area contributed by atoms with Gasteiger partial charge in [-0.15, -0.1) is 0 Å². The van der Waals surface area contributed by atoms with Gasteiger partial charge in [0.15, 0.2) is 0 Å². The second-order valence-electron chi connectivity index (χ2n) is 8.05. The summed E-state index contributed by atoms with van der Waals surface area (Å²) in [5.41, 5.74) is 1.31. The van der Waals surface area contributed by atoms with Gasteiger partial charge in [0.2, 0.25) is 5.91 Å². The molecule has 1 aliphatic rings. The van der Waals surface area contributed by atoms with Gasteiger partial charge < -0.3 is 10.6 Å². The molecule has 0 radical (unpaired) electrons. The Bertz CT molecular complexity index is 1130. The first-order valence-corrected chi connectivity index (χ1v) is 10.7. The largest absolute Gasteiger partial charge is 0.352 e. The molecule has 0 unspecified atom stereocenters. The molecule has 7 heteroatoms. The van der Waals surface area contributed by atoms with E-state index in [1.807, 2.05) is 30.3 Å². The average molecular weight is 418 g/mol. The highest BCUT2D eigenvalue weighted by Gasteiger charge is 2.16. The number of hydrogen-bond donors (Lipinski definition) is 2. The fraction of sp³-hybridized carbons (Fsp3) is 0.333. The topological polar surface area (TPSA) is 92.6 Å². The number of benzene rings is 1. The van der Waals surface area contributed by atoms with Gasteiger partial charge in [0.1, 0.15) is 11.3 Å². The van der Waals surface area contributed by atoms with Gasteiger partial charge in [-0.05, 0) is 36.5 Å². The second-order valence-corrected chi connectivity index (χ2v) is 8.05. The maximum atomic E-state index is 12.9. The molecule has 1 saturated carbocycles. The molecule has 0 atom stereocenters. The van der Waals surface area contributed by atoms with Crippen molar-refractivity contribution in [2.45, 2.75) is 38.5 Å². The highest BCUT2D eigenvalue weighted by Crippen LogP contribution is 2.22. The summed E-state index contributed by atoms with van der Waals surface area (Å²) in [4.78, 5) is 42.0. The van der Waals surface area contributed by atoms with Crippen LogP contribution in [0.1, 0.15) is 48.0 Å². The molecular formula is C24H26N4O3. The summed E-state index contributed by atoms with van der Waals surface area (Å²) in [6, 6.07) is 12.6. The molecule has 2 heterocycles. The summed E-state index contributed by atoms with van der Waals surface area (Å²) in [6.07, 6.45) is 8.99. The van der Waals surface area contributed by atoms with Crippen LogP contribution in [0, 0.1) is 5.92 Å². The summed E-state index contributed by atoms with van der Waals surface area (Å²) in [5.74, 6) is 0.0123. The molecular weight excluding hydrogens is 392 g/mol. The minimum atomic E-state index is -0.423. The minimum Gasteiger partial charge on any atom is -0.352 e. The zero-order valence-corrected chi connectivity index (χ0v) is 17.3. The number of carbonyl (C=O) groups is 2. The third kappa shape index (κ3) is 5.17. The predicted molar refractivity (Wildman–Crippen MR) is 119 cm³/mol. The Balaban J connectivity index is 1.47. The van der Waals surface area contributed by atoms with Crippen LogP contribution in [-0.2, 0) is 11.2 Å². The average Bonchev–Trinajstić information content (AvgIpc) is 2.80. The number of anilines is 1. The van der Waals surface area contributed by atoms with Crippen molar-refractivity contribution in [3.8, 4) is 0 Å². The molecule has 1 aromatic carbocycles.